The van der Waals surface area contributed by atoms with Crippen LogP contribution in [0.3, 0.4) is 0 Å². The van der Waals surface area contributed by atoms with Crippen molar-refractivity contribution in [3.63, 3.8) is 0 Å². The SMILES string of the molecule is CC(F)(F)C(F)(F)C(F)(F)OC(=O)C(F)=C(F)F. The first-order valence-electron chi connectivity index (χ1n) is 3.81. The maximum atomic E-state index is 12.5. The molecule has 0 aliphatic rings. The lowest BCUT2D eigenvalue weighted by Gasteiger charge is -2.29. The van der Waals surface area contributed by atoms with E-state index in [9.17, 15) is 44.3 Å². The van der Waals surface area contributed by atoms with Crippen molar-refractivity contribution in [2.24, 2.45) is 0 Å². The van der Waals surface area contributed by atoms with Gasteiger partial charge in [-0.25, -0.2) is 4.79 Å². The van der Waals surface area contributed by atoms with Crippen LogP contribution in [-0.4, -0.2) is 23.9 Å². The number of rotatable bonds is 4. The van der Waals surface area contributed by atoms with Crippen molar-refractivity contribution in [1.82, 2.24) is 0 Å². The van der Waals surface area contributed by atoms with Crippen molar-refractivity contribution in [2.45, 2.75) is 24.9 Å². The summed E-state index contributed by atoms with van der Waals surface area (Å²) < 4.78 is 111. The molecule has 0 saturated carbocycles. The Bertz CT molecular complexity index is 364. The number of ether oxygens (including phenoxy) is 1. The Morgan fingerprint density at radius 3 is 1.61 bits per heavy atom. The van der Waals surface area contributed by atoms with E-state index in [1.807, 2.05) is 0 Å². The molecule has 0 aromatic carbocycles. The summed E-state index contributed by atoms with van der Waals surface area (Å²) in [5.74, 6) is -17.9. The molecule has 11 heteroatoms. The zero-order chi connectivity index (χ0) is 14.9. The van der Waals surface area contributed by atoms with Crippen molar-refractivity contribution in [2.75, 3.05) is 0 Å². The summed E-state index contributed by atoms with van der Waals surface area (Å²) in [6.45, 7) is -0.628. The van der Waals surface area contributed by atoms with Crippen LogP contribution in [0.15, 0.2) is 11.9 Å². The molecule has 0 radical (unpaired) electrons. The molecule has 2 nitrogen and oxygen atoms in total. The Balaban J connectivity index is 5.22. The van der Waals surface area contributed by atoms with E-state index in [-0.39, 0.29) is 0 Å². The normalized spacial score (nSPS) is 13.2. The average Bonchev–Trinajstić information content (AvgIpc) is 2.13. The van der Waals surface area contributed by atoms with Crippen LogP contribution in [0.1, 0.15) is 6.92 Å². The Labute approximate surface area is 93.0 Å². The van der Waals surface area contributed by atoms with Crippen molar-refractivity contribution < 1.29 is 49.0 Å². The van der Waals surface area contributed by atoms with E-state index < -0.39 is 42.8 Å². The Morgan fingerprint density at radius 2 is 1.33 bits per heavy atom. The van der Waals surface area contributed by atoms with Gasteiger partial charge in [0.05, 0.1) is 0 Å². The molecular formula is C7H3F9O2. The highest BCUT2D eigenvalue weighted by Gasteiger charge is 2.72. The van der Waals surface area contributed by atoms with Gasteiger partial charge in [-0.3, -0.25) is 0 Å². The fraction of sp³-hybridized carbons (Fsp3) is 0.571. The van der Waals surface area contributed by atoms with Gasteiger partial charge in [-0.1, -0.05) is 0 Å². The molecule has 0 saturated heterocycles. The van der Waals surface area contributed by atoms with Crippen LogP contribution in [-0.2, 0) is 9.53 Å². The summed E-state index contributed by atoms with van der Waals surface area (Å²) in [5.41, 5.74) is 0. The van der Waals surface area contributed by atoms with Gasteiger partial charge in [-0.2, -0.15) is 39.5 Å². The largest absolute Gasteiger partial charge is 0.473 e. The summed E-state index contributed by atoms with van der Waals surface area (Å²) in [7, 11) is 0. The lowest BCUT2D eigenvalue weighted by molar-refractivity contribution is -0.380. The molecule has 18 heavy (non-hydrogen) atoms. The molecule has 0 aliphatic carbocycles. The third kappa shape index (κ3) is 3.07. The van der Waals surface area contributed by atoms with E-state index in [0.29, 0.717) is 0 Å². The zero-order valence-electron chi connectivity index (χ0n) is 8.22. The van der Waals surface area contributed by atoms with E-state index >= 15 is 0 Å². The van der Waals surface area contributed by atoms with Crippen LogP contribution < -0.4 is 0 Å². The zero-order valence-corrected chi connectivity index (χ0v) is 8.22. The first-order valence-corrected chi connectivity index (χ1v) is 3.81. The first kappa shape index (κ1) is 16.6. The Morgan fingerprint density at radius 1 is 0.944 bits per heavy atom. The van der Waals surface area contributed by atoms with Crippen LogP contribution in [0, 0.1) is 0 Å². The van der Waals surface area contributed by atoms with Crippen LogP contribution in [0.4, 0.5) is 39.5 Å². The topological polar surface area (TPSA) is 26.3 Å². The third-order valence-corrected chi connectivity index (χ3v) is 1.48. The molecule has 0 rings (SSSR count). The number of halogens is 9. The molecule has 0 atom stereocenters. The van der Waals surface area contributed by atoms with Crippen molar-refractivity contribution in [1.29, 1.82) is 0 Å². The maximum Gasteiger partial charge on any atom is 0.473 e. The molecule has 0 N–H and O–H groups in total. The van der Waals surface area contributed by atoms with Gasteiger partial charge in [0.2, 0.25) is 0 Å². The molecule has 0 aliphatic heterocycles. The van der Waals surface area contributed by atoms with Crippen molar-refractivity contribution in [3.8, 4) is 0 Å². The van der Waals surface area contributed by atoms with Gasteiger partial charge in [0.15, 0.2) is 0 Å². The molecule has 0 spiro atoms. The second-order valence-electron chi connectivity index (χ2n) is 2.94. The summed E-state index contributed by atoms with van der Waals surface area (Å²) >= 11 is 0. The number of hydrogen-bond acceptors (Lipinski definition) is 2. The van der Waals surface area contributed by atoms with Crippen molar-refractivity contribution in [3.05, 3.63) is 11.9 Å². The lowest BCUT2D eigenvalue weighted by atomic mass is 10.2. The lowest BCUT2D eigenvalue weighted by Crippen LogP contribution is -2.54. The fourth-order valence-corrected chi connectivity index (χ4v) is 0.558. The van der Waals surface area contributed by atoms with Crippen LogP contribution in [0.2, 0.25) is 0 Å². The van der Waals surface area contributed by atoms with Gasteiger partial charge in [0.1, 0.15) is 0 Å². The molecular weight excluding hydrogens is 287 g/mol. The average molecular weight is 290 g/mol. The second-order valence-corrected chi connectivity index (χ2v) is 2.94. The van der Waals surface area contributed by atoms with Crippen LogP contribution >= 0.6 is 0 Å². The number of hydrogen-bond donors (Lipinski definition) is 0. The van der Waals surface area contributed by atoms with E-state index in [4.69, 9.17) is 0 Å². The Kier molecular flexibility index (Phi) is 4.32. The first-order chi connectivity index (χ1) is 7.74. The van der Waals surface area contributed by atoms with Gasteiger partial charge in [0, 0.05) is 6.92 Å². The predicted octanol–water partition coefficient (Wildman–Crippen LogP) is 3.49. The summed E-state index contributed by atoms with van der Waals surface area (Å²) in [6, 6.07) is 0. The van der Waals surface area contributed by atoms with Gasteiger partial charge in [-0.15, -0.1) is 0 Å². The minimum Gasteiger partial charge on any atom is -0.390 e. The van der Waals surface area contributed by atoms with E-state index in [2.05, 4.69) is 4.74 Å². The van der Waals surface area contributed by atoms with E-state index in [1.54, 1.807) is 0 Å². The van der Waals surface area contributed by atoms with Gasteiger partial charge < -0.3 is 4.74 Å². The Hall–Kier alpha value is -1.42. The highest BCUT2D eigenvalue weighted by Crippen LogP contribution is 2.46. The molecule has 0 aromatic heterocycles. The molecule has 0 heterocycles. The quantitative estimate of drug-likeness (QED) is 0.450. The van der Waals surface area contributed by atoms with Gasteiger partial charge >= 0.3 is 30.0 Å². The highest BCUT2D eigenvalue weighted by atomic mass is 19.3. The predicted molar refractivity (Wildman–Crippen MR) is 37.0 cm³/mol. The minimum atomic E-state index is -6.21. The molecule has 0 fully saturated rings. The maximum absolute atomic E-state index is 12.5. The monoisotopic (exact) mass is 290 g/mol. The summed E-state index contributed by atoms with van der Waals surface area (Å²) in [6.07, 6.45) is -9.60. The van der Waals surface area contributed by atoms with Gasteiger partial charge in [-0.05, 0) is 0 Å². The number of carbonyl (C=O) groups excluding carboxylic acids is 1. The van der Waals surface area contributed by atoms with Crippen LogP contribution in [0.25, 0.3) is 0 Å². The van der Waals surface area contributed by atoms with Crippen LogP contribution in [0.5, 0.6) is 0 Å². The summed E-state index contributed by atoms with van der Waals surface area (Å²) in [5, 5.41) is 0. The molecule has 0 unspecified atom stereocenters. The highest BCUT2D eigenvalue weighted by molar-refractivity contribution is 5.86. The molecule has 0 amide bonds. The molecule has 0 bridgehead atoms. The third-order valence-electron chi connectivity index (χ3n) is 1.48. The van der Waals surface area contributed by atoms with E-state index in [1.165, 1.54) is 0 Å². The fourth-order valence-electron chi connectivity index (χ4n) is 0.558. The van der Waals surface area contributed by atoms with Gasteiger partial charge in [0.25, 0.3) is 5.83 Å². The minimum absolute atomic E-state index is 0.628. The summed E-state index contributed by atoms with van der Waals surface area (Å²) in [4.78, 5) is 10.2. The standard InChI is InChI=1S/C7H3F9O2/c1-5(11,12)6(13,14)7(15,16)18-4(17)2(8)3(9)10/h1H3. The number of carbonyl (C=O) groups is 1. The molecule has 0 aromatic rings. The molecule has 106 valence electrons. The van der Waals surface area contributed by atoms with Crippen molar-refractivity contribution >= 4 is 5.97 Å². The second kappa shape index (κ2) is 4.69. The van der Waals surface area contributed by atoms with E-state index in [0.717, 1.165) is 0 Å². The number of alkyl halides is 6. The number of esters is 1. The smallest absolute Gasteiger partial charge is 0.390 e.